The van der Waals surface area contributed by atoms with Crippen LogP contribution in [0.15, 0.2) is 10.5 Å². The minimum absolute atomic E-state index is 0.386. The number of aryl methyl sites for hydroxylation is 1. The molecule has 1 fully saturated rings. The zero-order valence-electron chi connectivity index (χ0n) is 12.5. The summed E-state index contributed by atoms with van der Waals surface area (Å²) in [6, 6.07) is 1.44. The summed E-state index contributed by atoms with van der Waals surface area (Å²) < 4.78 is 44.1. The van der Waals surface area contributed by atoms with E-state index >= 15 is 0 Å². The van der Waals surface area contributed by atoms with Gasteiger partial charge in [0.05, 0.1) is 0 Å². The number of hydrogen-bond acceptors (Lipinski definition) is 3. The number of carbonyl (C=O) groups excluding carboxylic acids is 1. The second-order valence-electron chi connectivity index (χ2n) is 6.41. The number of amides is 1. The minimum atomic E-state index is -4.84. The Morgan fingerprint density at radius 3 is 2.75 bits per heavy atom. The lowest BCUT2D eigenvalue weighted by molar-refractivity contribution is -0.174. The molecule has 0 radical (unpaired) electrons. The van der Waals surface area contributed by atoms with Gasteiger partial charge in [-0.2, -0.15) is 13.2 Å². The van der Waals surface area contributed by atoms with Gasteiger partial charge in [-0.1, -0.05) is 0 Å². The lowest BCUT2D eigenvalue weighted by Gasteiger charge is -2.26. The van der Waals surface area contributed by atoms with Crippen LogP contribution in [0.25, 0.3) is 11.1 Å². The normalized spacial score (nSPS) is 20.9. The van der Waals surface area contributed by atoms with Gasteiger partial charge in [0.15, 0.2) is 11.5 Å². The maximum atomic E-state index is 12.4. The molecule has 1 heterocycles. The third-order valence-electron chi connectivity index (χ3n) is 4.57. The van der Waals surface area contributed by atoms with Gasteiger partial charge in [-0.15, -0.1) is 0 Å². The molecular weight excluding hydrogens is 436 g/mol. The third-order valence-corrected chi connectivity index (χ3v) is 5.73. The number of halogens is 4. The Kier molecular flexibility index (Phi) is 3.77. The summed E-state index contributed by atoms with van der Waals surface area (Å²) in [6.45, 7) is 0. The Morgan fingerprint density at radius 2 is 2.08 bits per heavy atom. The van der Waals surface area contributed by atoms with Crippen LogP contribution in [0, 0.1) is 3.57 Å². The summed E-state index contributed by atoms with van der Waals surface area (Å²) in [5, 5.41) is 2.10. The van der Waals surface area contributed by atoms with Gasteiger partial charge in [0, 0.05) is 15.5 Å². The number of rotatable bonds is 2. The van der Waals surface area contributed by atoms with Gasteiger partial charge in [-0.05, 0) is 71.9 Å². The molecule has 4 nitrogen and oxygen atoms in total. The molecule has 2 aromatic rings. The van der Waals surface area contributed by atoms with Crippen molar-refractivity contribution in [2.45, 2.75) is 50.2 Å². The van der Waals surface area contributed by atoms with Gasteiger partial charge < -0.3 is 9.73 Å². The third kappa shape index (κ3) is 2.89. The highest BCUT2D eigenvalue weighted by Gasteiger charge is 2.40. The summed E-state index contributed by atoms with van der Waals surface area (Å²) in [6.07, 6.45) is -1.17. The highest BCUT2D eigenvalue weighted by Crippen LogP contribution is 2.42. The molecule has 2 aliphatic rings. The van der Waals surface area contributed by atoms with Crippen molar-refractivity contribution < 1.29 is 22.4 Å². The van der Waals surface area contributed by atoms with Crippen molar-refractivity contribution in [2.24, 2.45) is 0 Å². The maximum absolute atomic E-state index is 12.4. The largest absolute Gasteiger partial charge is 0.471 e. The van der Waals surface area contributed by atoms with Gasteiger partial charge in [-0.25, -0.2) is 4.98 Å². The van der Waals surface area contributed by atoms with E-state index in [0.717, 1.165) is 44.5 Å². The molecule has 0 saturated heterocycles. The van der Waals surface area contributed by atoms with E-state index in [1.807, 2.05) is 6.07 Å². The first kappa shape index (κ1) is 16.2. The van der Waals surface area contributed by atoms with Crippen molar-refractivity contribution in [1.82, 2.24) is 10.3 Å². The number of oxazole rings is 1. The topological polar surface area (TPSA) is 55.1 Å². The van der Waals surface area contributed by atoms with Crippen LogP contribution in [0.4, 0.5) is 13.2 Å². The van der Waals surface area contributed by atoms with E-state index in [2.05, 4.69) is 32.9 Å². The predicted octanol–water partition coefficient (Wildman–Crippen LogP) is 3.85. The van der Waals surface area contributed by atoms with Crippen LogP contribution < -0.4 is 5.32 Å². The Labute approximate surface area is 149 Å². The first-order valence-corrected chi connectivity index (χ1v) is 8.89. The van der Waals surface area contributed by atoms with Crippen LogP contribution in [0.5, 0.6) is 0 Å². The molecular formula is C16H14F3IN2O2. The average Bonchev–Trinajstić information content (AvgIpc) is 3.27. The van der Waals surface area contributed by atoms with E-state index in [0.29, 0.717) is 25.2 Å². The standard InChI is InChI=1S/C16H14F3IN2O2/c17-16(18,19)15(23)21-9-4-3-8-5-11-13(12(20)10(8)6-9)22-14(24-11)7-1-2-7/h5,7,9H,1-4,6H2,(H,21,23). The number of aromatic nitrogens is 1. The van der Waals surface area contributed by atoms with E-state index in [4.69, 9.17) is 4.42 Å². The van der Waals surface area contributed by atoms with Gasteiger partial charge in [0.1, 0.15) is 5.52 Å². The van der Waals surface area contributed by atoms with Gasteiger partial charge in [-0.3, -0.25) is 4.79 Å². The number of alkyl halides is 3. The zero-order chi connectivity index (χ0) is 17.1. The van der Waals surface area contributed by atoms with Gasteiger partial charge in [0.25, 0.3) is 0 Å². The smallest absolute Gasteiger partial charge is 0.440 e. The molecule has 1 saturated carbocycles. The van der Waals surface area contributed by atoms with Crippen LogP contribution in [-0.2, 0) is 17.6 Å². The summed E-state index contributed by atoms with van der Waals surface area (Å²) in [5.41, 5.74) is 3.57. The number of nitrogens with one attached hydrogen (secondary N) is 1. The molecule has 1 atom stereocenters. The van der Waals surface area contributed by atoms with Crippen LogP contribution in [0.1, 0.15) is 42.2 Å². The second-order valence-corrected chi connectivity index (χ2v) is 7.49. The zero-order valence-corrected chi connectivity index (χ0v) is 14.7. The Hall–Kier alpha value is -1.32. The molecule has 4 rings (SSSR count). The molecule has 1 aromatic carbocycles. The predicted molar refractivity (Wildman–Crippen MR) is 88.7 cm³/mol. The quantitative estimate of drug-likeness (QED) is 0.708. The molecule has 0 spiro atoms. The summed E-state index contributed by atoms with van der Waals surface area (Å²) in [7, 11) is 0. The SMILES string of the molecule is O=C(NC1CCc2cc3oc(C4CC4)nc3c(I)c2C1)C(F)(F)F. The highest BCUT2D eigenvalue weighted by atomic mass is 127. The molecule has 2 aliphatic carbocycles. The fraction of sp³-hybridized carbons (Fsp3) is 0.500. The van der Waals surface area contributed by atoms with Crippen molar-refractivity contribution in [2.75, 3.05) is 0 Å². The Bertz CT molecular complexity index is 827. The summed E-state index contributed by atoms with van der Waals surface area (Å²) in [4.78, 5) is 15.7. The lowest BCUT2D eigenvalue weighted by atomic mass is 9.88. The molecule has 128 valence electrons. The number of nitrogens with zero attached hydrogens (tertiary/aromatic N) is 1. The maximum Gasteiger partial charge on any atom is 0.471 e. The second kappa shape index (κ2) is 5.60. The first-order valence-electron chi connectivity index (χ1n) is 7.81. The van der Waals surface area contributed by atoms with Crippen molar-refractivity contribution >= 4 is 39.6 Å². The molecule has 1 unspecified atom stereocenters. The van der Waals surface area contributed by atoms with Crippen LogP contribution in [0.3, 0.4) is 0 Å². The van der Waals surface area contributed by atoms with Crippen LogP contribution in [-0.4, -0.2) is 23.1 Å². The number of fused-ring (bicyclic) bond motifs is 2. The minimum Gasteiger partial charge on any atom is -0.440 e. The fourth-order valence-electron chi connectivity index (χ4n) is 3.15. The number of benzene rings is 1. The molecule has 0 bridgehead atoms. The molecule has 1 amide bonds. The first-order chi connectivity index (χ1) is 11.3. The Morgan fingerprint density at radius 1 is 1.33 bits per heavy atom. The number of hydrogen-bond donors (Lipinski definition) is 1. The van der Waals surface area contributed by atoms with Crippen molar-refractivity contribution in [1.29, 1.82) is 0 Å². The monoisotopic (exact) mass is 450 g/mol. The molecule has 1 aromatic heterocycles. The van der Waals surface area contributed by atoms with Crippen LogP contribution in [0.2, 0.25) is 0 Å². The molecule has 8 heteroatoms. The lowest BCUT2D eigenvalue weighted by Crippen LogP contribution is -2.45. The van der Waals surface area contributed by atoms with E-state index in [-0.39, 0.29) is 0 Å². The van der Waals surface area contributed by atoms with Gasteiger partial charge >= 0.3 is 12.1 Å². The van der Waals surface area contributed by atoms with Crippen molar-refractivity contribution in [3.05, 3.63) is 26.7 Å². The molecule has 0 aliphatic heterocycles. The van der Waals surface area contributed by atoms with Crippen molar-refractivity contribution in [3.63, 3.8) is 0 Å². The van der Waals surface area contributed by atoms with E-state index in [9.17, 15) is 18.0 Å². The van der Waals surface area contributed by atoms with Crippen molar-refractivity contribution in [3.8, 4) is 0 Å². The van der Waals surface area contributed by atoms with Gasteiger partial charge in [0.2, 0.25) is 0 Å². The summed E-state index contributed by atoms with van der Waals surface area (Å²) in [5.74, 6) is -0.708. The fourth-order valence-corrected chi connectivity index (χ4v) is 4.10. The highest BCUT2D eigenvalue weighted by molar-refractivity contribution is 14.1. The molecule has 24 heavy (non-hydrogen) atoms. The Balaban J connectivity index is 1.63. The molecule has 1 N–H and O–H groups in total. The average molecular weight is 450 g/mol. The summed E-state index contributed by atoms with van der Waals surface area (Å²) >= 11 is 2.18. The van der Waals surface area contributed by atoms with E-state index in [1.54, 1.807) is 0 Å². The van der Waals surface area contributed by atoms with E-state index < -0.39 is 18.1 Å². The van der Waals surface area contributed by atoms with E-state index in [1.165, 1.54) is 0 Å². The van der Waals surface area contributed by atoms with Crippen LogP contribution >= 0.6 is 22.6 Å². The number of carbonyl (C=O) groups is 1.